The lowest BCUT2D eigenvalue weighted by Crippen LogP contribution is -2.14. The molecular formula is C34H31F3N4O3. The molecule has 0 aliphatic carbocycles. The lowest BCUT2D eigenvalue weighted by atomic mass is 9.95. The zero-order valence-corrected chi connectivity index (χ0v) is 24.6. The standard InChI is InChI=1S/C34H31F3N4O3/c1-20(2)39-33-38-18-24-15-27(31(17-28(24)41-33)44-19-22-8-6-5-7-9-22)26-14-23(11-10-21(26)3)32(42)40-29-16-25(34(35,36)37)12-13-30(29)43-4/h5-18,20H,19H2,1-4H3,(H,40,42)(H,38,39,41). The van der Waals surface area contributed by atoms with E-state index in [-0.39, 0.29) is 23.0 Å². The van der Waals surface area contributed by atoms with Crippen molar-refractivity contribution in [2.45, 2.75) is 39.6 Å². The Hall–Kier alpha value is -5.12. The number of methoxy groups -OCH3 is 1. The topological polar surface area (TPSA) is 85.4 Å². The maximum absolute atomic E-state index is 13.4. The third-order valence-corrected chi connectivity index (χ3v) is 6.90. The zero-order chi connectivity index (χ0) is 31.4. The maximum Gasteiger partial charge on any atom is 0.416 e. The highest BCUT2D eigenvalue weighted by Gasteiger charge is 2.31. The minimum absolute atomic E-state index is 0.0880. The number of rotatable bonds is 9. The van der Waals surface area contributed by atoms with Crippen molar-refractivity contribution in [1.82, 2.24) is 9.97 Å². The molecule has 0 saturated carbocycles. The van der Waals surface area contributed by atoms with Gasteiger partial charge in [0.25, 0.3) is 5.91 Å². The summed E-state index contributed by atoms with van der Waals surface area (Å²) in [5.74, 6) is 0.560. The monoisotopic (exact) mass is 600 g/mol. The van der Waals surface area contributed by atoms with Gasteiger partial charge in [0.05, 0.1) is 23.9 Å². The second-order valence-corrected chi connectivity index (χ2v) is 10.6. The summed E-state index contributed by atoms with van der Waals surface area (Å²) in [6.45, 7) is 6.21. The zero-order valence-electron chi connectivity index (χ0n) is 24.6. The van der Waals surface area contributed by atoms with Crippen molar-refractivity contribution in [2.24, 2.45) is 0 Å². The first-order chi connectivity index (χ1) is 21.0. The summed E-state index contributed by atoms with van der Waals surface area (Å²) in [6, 6.07) is 21.7. The summed E-state index contributed by atoms with van der Waals surface area (Å²) in [5.41, 5.74) is 3.20. The van der Waals surface area contributed by atoms with Crippen molar-refractivity contribution in [3.8, 4) is 22.6 Å². The Kier molecular flexibility index (Phi) is 8.71. The van der Waals surface area contributed by atoms with Gasteiger partial charge in [-0.25, -0.2) is 9.97 Å². The van der Waals surface area contributed by atoms with Crippen molar-refractivity contribution < 1.29 is 27.4 Å². The van der Waals surface area contributed by atoms with Gasteiger partial charge in [-0.2, -0.15) is 13.2 Å². The Balaban J connectivity index is 1.55. The average molecular weight is 601 g/mol. The average Bonchev–Trinajstić information content (AvgIpc) is 2.99. The summed E-state index contributed by atoms with van der Waals surface area (Å²) >= 11 is 0. The highest BCUT2D eigenvalue weighted by Crippen LogP contribution is 2.38. The van der Waals surface area contributed by atoms with Gasteiger partial charge in [-0.1, -0.05) is 36.4 Å². The normalized spacial score (nSPS) is 11.5. The number of ether oxygens (including phenoxy) is 2. The molecular weight excluding hydrogens is 569 g/mol. The van der Waals surface area contributed by atoms with Crippen LogP contribution in [0.25, 0.3) is 22.0 Å². The molecule has 0 spiro atoms. The minimum atomic E-state index is -4.58. The first kappa shape index (κ1) is 30.3. The van der Waals surface area contributed by atoms with Gasteiger partial charge in [0.2, 0.25) is 5.95 Å². The third kappa shape index (κ3) is 6.91. The van der Waals surface area contributed by atoms with Crippen molar-refractivity contribution in [3.05, 3.63) is 107 Å². The molecule has 0 saturated heterocycles. The van der Waals surface area contributed by atoms with Crippen LogP contribution in [0.5, 0.6) is 11.5 Å². The molecule has 5 rings (SSSR count). The van der Waals surface area contributed by atoms with Crippen LogP contribution in [-0.2, 0) is 12.8 Å². The highest BCUT2D eigenvalue weighted by atomic mass is 19.4. The van der Waals surface area contributed by atoms with E-state index in [9.17, 15) is 18.0 Å². The van der Waals surface area contributed by atoms with Crippen LogP contribution in [0.3, 0.4) is 0 Å². The van der Waals surface area contributed by atoms with Gasteiger partial charge in [0.1, 0.15) is 18.1 Å². The first-order valence-corrected chi connectivity index (χ1v) is 13.9. The van der Waals surface area contributed by atoms with Crippen LogP contribution in [0, 0.1) is 6.92 Å². The van der Waals surface area contributed by atoms with Crippen molar-refractivity contribution in [2.75, 3.05) is 17.7 Å². The smallest absolute Gasteiger partial charge is 0.416 e. The molecule has 0 bridgehead atoms. The fraction of sp³-hybridized carbons (Fsp3) is 0.206. The number of benzene rings is 4. The molecule has 0 fully saturated rings. The quantitative estimate of drug-likeness (QED) is 0.177. The summed E-state index contributed by atoms with van der Waals surface area (Å²) in [5, 5.41) is 6.56. The molecule has 1 amide bonds. The van der Waals surface area contributed by atoms with Crippen LogP contribution in [0.4, 0.5) is 24.8 Å². The van der Waals surface area contributed by atoms with Crippen LogP contribution < -0.4 is 20.1 Å². The number of nitrogens with one attached hydrogen (secondary N) is 2. The molecule has 4 aromatic carbocycles. The summed E-state index contributed by atoms with van der Waals surface area (Å²) in [4.78, 5) is 22.5. The van der Waals surface area contributed by atoms with Crippen LogP contribution in [0.2, 0.25) is 0 Å². The number of nitrogens with zero attached hydrogens (tertiary/aromatic N) is 2. The minimum Gasteiger partial charge on any atom is -0.495 e. The Morgan fingerprint density at radius 1 is 0.932 bits per heavy atom. The van der Waals surface area contributed by atoms with Crippen LogP contribution in [0.1, 0.15) is 40.9 Å². The van der Waals surface area contributed by atoms with Crippen LogP contribution in [-0.4, -0.2) is 29.0 Å². The molecule has 10 heteroatoms. The summed E-state index contributed by atoms with van der Waals surface area (Å²) in [7, 11) is 1.32. The Bertz CT molecular complexity index is 1810. The number of carbonyl (C=O) groups is 1. The molecule has 5 aromatic rings. The number of alkyl halides is 3. The van der Waals surface area contributed by atoms with E-state index in [0.29, 0.717) is 34.9 Å². The molecule has 1 aromatic heterocycles. The molecule has 0 radical (unpaired) electrons. The van der Waals surface area contributed by atoms with Gasteiger partial charge >= 0.3 is 6.18 Å². The highest BCUT2D eigenvalue weighted by molar-refractivity contribution is 6.06. The number of hydrogen-bond acceptors (Lipinski definition) is 6. The van der Waals surface area contributed by atoms with Crippen LogP contribution >= 0.6 is 0 Å². The van der Waals surface area contributed by atoms with E-state index < -0.39 is 17.6 Å². The third-order valence-electron chi connectivity index (χ3n) is 6.90. The molecule has 0 aliphatic heterocycles. The predicted octanol–water partition coefficient (Wildman–Crippen LogP) is 8.28. The Morgan fingerprint density at radius 2 is 1.70 bits per heavy atom. The van der Waals surface area contributed by atoms with Gasteiger partial charge in [-0.3, -0.25) is 4.79 Å². The summed E-state index contributed by atoms with van der Waals surface area (Å²) in [6.07, 6.45) is -2.85. The Morgan fingerprint density at radius 3 is 2.41 bits per heavy atom. The van der Waals surface area contributed by atoms with Gasteiger partial charge in [0.15, 0.2) is 0 Å². The number of hydrogen-bond donors (Lipinski definition) is 2. The molecule has 0 atom stereocenters. The molecule has 44 heavy (non-hydrogen) atoms. The van der Waals surface area contributed by atoms with Crippen molar-refractivity contribution in [3.63, 3.8) is 0 Å². The number of carbonyl (C=O) groups excluding carboxylic acids is 1. The van der Waals surface area contributed by atoms with Gasteiger partial charge in [-0.05, 0) is 73.9 Å². The molecule has 1 heterocycles. The SMILES string of the molecule is COc1ccc(C(F)(F)F)cc1NC(=O)c1ccc(C)c(-c2cc3cnc(NC(C)C)nc3cc2OCc2ccccc2)c1. The second kappa shape index (κ2) is 12.6. The van der Waals surface area contributed by atoms with E-state index in [1.165, 1.54) is 13.2 Å². The van der Waals surface area contributed by atoms with E-state index in [1.807, 2.05) is 63.2 Å². The number of aryl methyl sites for hydroxylation is 1. The van der Waals surface area contributed by atoms with E-state index in [4.69, 9.17) is 9.47 Å². The van der Waals surface area contributed by atoms with E-state index in [0.717, 1.165) is 28.6 Å². The van der Waals surface area contributed by atoms with Gasteiger partial charge in [-0.15, -0.1) is 0 Å². The molecule has 2 N–H and O–H groups in total. The molecule has 226 valence electrons. The van der Waals surface area contributed by atoms with E-state index >= 15 is 0 Å². The molecule has 0 aliphatic rings. The van der Waals surface area contributed by atoms with Gasteiger partial charge < -0.3 is 20.1 Å². The number of aromatic nitrogens is 2. The Labute approximate surface area is 253 Å². The predicted molar refractivity (Wildman–Crippen MR) is 165 cm³/mol. The number of anilines is 2. The largest absolute Gasteiger partial charge is 0.495 e. The van der Waals surface area contributed by atoms with E-state index in [2.05, 4.69) is 20.6 Å². The van der Waals surface area contributed by atoms with Crippen molar-refractivity contribution in [1.29, 1.82) is 0 Å². The fourth-order valence-electron chi connectivity index (χ4n) is 4.68. The van der Waals surface area contributed by atoms with E-state index in [1.54, 1.807) is 24.4 Å². The van der Waals surface area contributed by atoms with Crippen molar-refractivity contribution >= 4 is 28.4 Å². The lowest BCUT2D eigenvalue weighted by Gasteiger charge is -2.17. The maximum atomic E-state index is 13.4. The number of halogens is 3. The second-order valence-electron chi connectivity index (χ2n) is 10.6. The molecule has 0 unspecified atom stereocenters. The van der Waals surface area contributed by atoms with Crippen LogP contribution in [0.15, 0.2) is 85.1 Å². The fourth-order valence-corrected chi connectivity index (χ4v) is 4.68. The molecule has 7 nitrogen and oxygen atoms in total. The summed E-state index contributed by atoms with van der Waals surface area (Å²) < 4.78 is 51.6. The first-order valence-electron chi connectivity index (χ1n) is 13.9. The number of amides is 1. The lowest BCUT2D eigenvalue weighted by molar-refractivity contribution is -0.137. The van der Waals surface area contributed by atoms with Gasteiger partial charge in [0, 0.05) is 34.8 Å². The number of fused-ring (bicyclic) bond motifs is 1.